The van der Waals surface area contributed by atoms with Gasteiger partial charge in [-0.15, -0.1) is 0 Å². The molecule has 0 unspecified atom stereocenters. The van der Waals surface area contributed by atoms with Gasteiger partial charge < -0.3 is 9.84 Å². The van der Waals surface area contributed by atoms with E-state index in [4.69, 9.17) is 4.74 Å². The molecule has 0 bridgehead atoms. The van der Waals surface area contributed by atoms with E-state index in [2.05, 4.69) is 20.8 Å². The van der Waals surface area contributed by atoms with Crippen molar-refractivity contribution in [2.24, 2.45) is 0 Å². The van der Waals surface area contributed by atoms with Gasteiger partial charge >= 0.3 is 11.9 Å². The maximum absolute atomic E-state index is 13.2. The lowest BCUT2D eigenvalue weighted by Gasteiger charge is -2.17. The highest BCUT2D eigenvalue weighted by atomic mass is 16.5. The molecule has 0 fully saturated rings. The van der Waals surface area contributed by atoms with E-state index >= 15 is 0 Å². The number of carbonyl (C=O) groups excluding carboxylic acids is 1. The Kier molecular flexibility index (Phi) is 20.8. The molecule has 1 rings (SSSR count). The molecule has 0 saturated carbocycles. The SMILES string of the molecule is CCCCCCCCCCOC(=O)c1ccc(C(=O)O)c(CCCCCCCC)c1CCCCCCCC. The van der Waals surface area contributed by atoms with E-state index in [0.29, 0.717) is 17.7 Å². The van der Waals surface area contributed by atoms with Crippen molar-refractivity contribution in [3.63, 3.8) is 0 Å². The van der Waals surface area contributed by atoms with E-state index in [1.165, 1.54) is 89.9 Å². The summed E-state index contributed by atoms with van der Waals surface area (Å²) in [4.78, 5) is 25.3. The first-order valence-electron chi connectivity index (χ1n) is 16.1. The van der Waals surface area contributed by atoms with Crippen LogP contribution in [0.3, 0.4) is 0 Å². The van der Waals surface area contributed by atoms with E-state index < -0.39 is 5.97 Å². The van der Waals surface area contributed by atoms with Crippen LogP contribution in [0.4, 0.5) is 0 Å². The molecule has 1 aromatic rings. The number of unbranched alkanes of at least 4 members (excludes halogenated alkanes) is 17. The van der Waals surface area contributed by atoms with Crippen LogP contribution in [-0.2, 0) is 17.6 Å². The molecule has 0 amide bonds. The largest absolute Gasteiger partial charge is 0.478 e. The van der Waals surface area contributed by atoms with Gasteiger partial charge in [-0.25, -0.2) is 9.59 Å². The first kappa shape index (κ1) is 34.2. The van der Waals surface area contributed by atoms with Crippen molar-refractivity contribution in [1.29, 1.82) is 0 Å². The van der Waals surface area contributed by atoms with Crippen LogP contribution in [0.5, 0.6) is 0 Å². The van der Waals surface area contributed by atoms with Gasteiger partial charge in [-0.1, -0.05) is 130 Å². The summed E-state index contributed by atoms with van der Waals surface area (Å²) in [7, 11) is 0. The third kappa shape index (κ3) is 14.9. The van der Waals surface area contributed by atoms with Gasteiger partial charge in [0.25, 0.3) is 0 Å². The average molecular weight is 531 g/mol. The standard InChI is InChI=1S/C34H58O4/c1-4-7-10-13-16-17-20-23-28-38-34(37)32-27-26-31(33(35)36)29(24-21-18-14-11-8-5-2)30(32)25-22-19-15-12-9-6-3/h26-27H,4-25,28H2,1-3H3,(H,35,36). The van der Waals surface area contributed by atoms with Crippen molar-refractivity contribution >= 4 is 11.9 Å². The Bertz CT molecular complexity index is 755. The van der Waals surface area contributed by atoms with Gasteiger partial charge in [0.15, 0.2) is 0 Å². The summed E-state index contributed by atoms with van der Waals surface area (Å²) in [5.41, 5.74) is 2.74. The van der Waals surface area contributed by atoms with Gasteiger partial charge in [0.1, 0.15) is 0 Å². The summed E-state index contributed by atoms with van der Waals surface area (Å²) in [6, 6.07) is 3.34. The van der Waals surface area contributed by atoms with Crippen molar-refractivity contribution in [1.82, 2.24) is 0 Å². The number of rotatable bonds is 25. The highest BCUT2D eigenvalue weighted by Crippen LogP contribution is 2.26. The van der Waals surface area contributed by atoms with Crippen LogP contribution in [0.2, 0.25) is 0 Å². The third-order valence-electron chi connectivity index (χ3n) is 7.67. The number of hydrogen-bond acceptors (Lipinski definition) is 3. The molecule has 1 N–H and O–H groups in total. The van der Waals surface area contributed by atoms with Crippen molar-refractivity contribution < 1.29 is 19.4 Å². The lowest BCUT2D eigenvalue weighted by molar-refractivity contribution is 0.0495. The van der Waals surface area contributed by atoms with Crippen LogP contribution < -0.4 is 0 Å². The van der Waals surface area contributed by atoms with Crippen molar-refractivity contribution in [2.45, 2.75) is 162 Å². The second-order valence-corrected chi connectivity index (χ2v) is 11.1. The number of ether oxygens (including phenoxy) is 1. The highest BCUT2D eigenvalue weighted by Gasteiger charge is 2.21. The minimum absolute atomic E-state index is 0.282. The highest BCUT2D eigenvalue weighted by molar-refractivity contribution is 5.95. The quantitative estimate of drug-likeness (QED) is 0.101. The Morgan fingerprint density at radius 2 is 0.921 bits per heavy atom. The molecule has 0 heterocycles. The maximum atomic E-state index is 13.2. The number of carboxylic acid groups (broad SMARTS) is 1. The fraction of sp³-hybridized carbons (Fsp3) is 0.765. The number of carboxylic acids is 1. The first-order chi connectivity index (χ1) is 18.6. The second kappa shape index (κ2) is 23.1. The molecule has 0 saturated heterocycles. The molecule has 0 spiro atoms. The minimum atomic E-state index is -0.894. The van der Waals surface area contributed by atoms with Crippen molar-refractivity contribution in [3.05, 3.63) is 34.4 Å². The average Bonchev–Trinajstić information content (AvgIpc) is 2.91. The van der Waals surface area contributed by atoms with E-state index in [0.717, 1.165) is 62.5 Å². The van der Waals surface area contributed by atoms with Gasteiger partial charge in [0, 0.05) is 0 Å². The minimum Gasteiger partial charge on any atom is -0.478 e. The van der Waals surface area contributed by atoms with E-state index in [9.17, 15) is 14.7 Å². The summed E-state index contributed by atoms with van der Waals surface area (Å²) in [6.45, 7) is 7.11. The molecular weight excluding hydrogens is 472 g/mol. The fourth-order valence-electron chi connectivity index (χ4n) is 5.30. The number of aromatic carboxylic acids is 1. The zero-order valence-electron chi connectivity index (χ0n) is 25.1. The zero-order chi connectivity index (χ0) is 27.8. The van der Waals surface area contributed by atoms with Gasteiger partial charge in [0.05, 0.1) is 17.7 Å². The molecule has 1 aromatic carbocycles. The predicted molar refractivity (Wildman–Crippen MR) is 160 cm³/mol. The molecule has 0 aliphatic carbocycles. The summed E-state index contributed by atoms with van der Waals surface area (Å²) in [6.07, 6.45) is 25.1. The number of hydrogen-bond donors (Lipinski definition) is 1. The summed E-state index contributed by atoms with van der Waals surface area (Å²) >= 11 is 0. The molecule has 0 atom stereocenters. The molecule has 0 aliphatic rings. The van der Waals surface area contributed by atoms with Crippen LogP contribution >= 0.6 is 0 Å². The summed E-state index contributed by atoms with van der Waals surface area (Å²) in [5.74, 6) is -1.18. The Labute approximate surface area is 234 Å². The molecule has 0 aromatic heterocycles. The Balaban J connectivity index is 2.84. The number of esters is 1. The maximum Gasteiger partial charge on any atom is 0.338 e. The summed E-state index contributed by atoms with van der Waals surface area (Å²) < 4.78 is 5.71. The molecule has 4 nitrogen and oxygen atoms in total. The molecule has 4 heteroatoms. The summed E-state index contributed by atoms with van der Waals surface area (Å²) in [5, 5.41) is 9.94. The van der Waals surface area contributed by atoms with Crippen molar-refractivity contribution in [3.8, 4) is 0 Å². The van der Waals surface area contributed by atoms with Crippen LogP contribution in [0, 0.1) is 0 Å². The van der Waals surface area contributed by atoms with Crippen LogP contribution in [0.1, 0.15) is 181 Å². The molecule has 0 aliphatic heterocycles. The topological polar surface area (TPSA) is 63.6 Å². The van der Waals surface area contributed by atoms with Gasteiger partial charge in [0.2, 0.25) is 0 Å². The van der Waals surface area contributed by atoms with Gasteiger partial charge in [-0.2, -0.15) is 0 Å². The Morgan fingerprint density at radius 1 is 0.553 bits per heavy atom. The van der Waals surface area contributed by atoms with E-state index in [-0.39, 0.29) is 5.97 Å². The smallest absolute Gasteiger partial charge is 0.338 e. The normalized spacial score (nSPS) is 11.1. The lowest BCUT2D eigenvalue weighted by atomic mass is 9.88. The van der Waals surface area contributed by atoms with Crippen molar-refractivity contribution in [2.75, 3.05) is 6.61 Å². The van der Waals surface area contributed by atoms with Crippen LogP contribution in [0.15, 0.2) is 12.1 Å². The number of carbonyl (C=O) groups is 2. The number of benzene rings is 1. The second-order valence-electron chi connectivity index (χ2n) is 11.1. The predicted octanol–water partition coefficient (Wildman–Crippen LogP) is 10.5. The Hall–Kier alpha value is -1.84. The molecule has 38 heavy (non-hydrogen) atoms. The van der Waals surface area contributed by atoms with Crippen LogP contribution in [-0.4, -0.2) is 23.7 Å². The lowest BCUT2D eigenvalue weighted by Crippen LogP contribution is -2.15. The molecule has 0 radical (unpaired) electrons. The third-order valence-corrected chi connectivity index (χ3v) is 7.67. The van der Waals surface area contributed by atoms with Gasteiger partial charge in [-0.3, -0.25) is 0 Å². The van der Waals surface area contributed by atoms with E-state index in [1.807, 2.05) is 0 Å². The molecule has 218 valence electrons. The van der Waals surface area contributed by atoms with Gasteiger partial charge in [-0.05, 0) is 55.4 Å². The van der Waals surface area contributed by atoms with E-state index in [1.54, 1.807) is 12.1 Å². The fourth-order valence-corrected chi connectivity index (χ4v) is 5.30. The Morgan fingerprint density at radius 3 is 1.37 bits per heavy atom. The molecular formula is C34H58O4. The first-order valence-corrected chi connectivity index (χ1v) is 16.1. The van der Waals surface area contributed by atoms with Crippen LogP contribution in [0.25, 0.3) is 0 Å². The zero-order valence-corrected chi connectivity index (χ0v) is 25.1. The monoisotopic (exact) mass is 530 g/mol.